The third-order valence-electron chi connectivity index (χ3n) is 2.72. The molecule has 1 saturated heterocycles. The highest BCUT2D eigenvalue weighted by Gasteiger charge is 2.22. The number of carbonyl (C=O) groups is 1. The van der Waals surface area contributed by atoms with Gasteiger partial charge in [-0.3, -0.25) is 9.78 Å². The van der Waals surface area contributed by atoms with Crippen LogP contribution in [-0.4, -0.2) is 28.5 Å². The second-order valence-electron chi connectivity index (χ2n) is 3.81. The van der Waals surface area contributed by atoms with Crippen molar-refractivity contribution >= 4 is 11.7 Å². The summed E-state index contributed by atoms with van der Waals surface area (Å²) in [6.45, 7) is 3.11. The molecule has 1 amide bonds. The summed E-state index contributed by atoms with van der Waals surface area (Å²) in [6, 6.07) is 0.461. The molecule has 2 N–H and O–H groups in total. The average Bonchev–Trinajstić information content (AvgIpc) is 2.64. The lowest BCUT2D eigenvalue weighted by Gasteiger charge is -2.22. The Morgan fingerprint density at radius 3 is 3.00 bits per heavy atom. The van der Waals surface area contributed by atoms with E-state index in [-0.39, 0.29) is 5.69 Å². The Morgan fingerprint density at radius 2 is 2.40 bits per heavy atom. The molecule has 1 atom stereocenters. The number of primary amides is 1. The molecule has 1 aromatic heterocycles. The zero-order valence-corrected chi connectivity index (χ0v) is 8.68. The predicted molar refractivity (Wildman–Crippen MR) is 56.6 cm³/mol. The van der Waals surface area contributed by atoms with E-state index in [4.69, 9.17) is 5.73 Å². The minimum absolute atomic E-state index is 0.228. The Hall–Kier alpha value is -1.65. The number of nitrogens with zero attached hydrogens (tertiary/aromatic N) is 3. The fourth-order valence-electron chi connectivity index (χ4n) is 1.89. The highest BCUT2D eigenvalue weighted by molar-refractivity contribution is 5.90. The van der Waals surface area contributed by atoms with Gasteiger partial charge in [0.05, 0.1) is 12.4 Å². The monoisotopic (exact) mass is 206 g/mol. The van der Waals surface area contributed by atoms with Gasteiger partial charge in [-0.25, -0.2) is 4.98 Å². The summed E-state index contributed by atoms with van der Waals surface area (Å²) in [5.74, 6) is 0.215. The summed E-state index contributed by atoms with van der Waals surface area (Å²) >= 11 is 0. The molecule has 1 fully saturated rings. The van der Waals surface area contributed by atoms with Crippen LogP contribution in [0.2, 0.25) is 0 Å². The molecular formula is C10H14N4O. The first-order valence-corrected chi connectivity index (χ1v) is 5.07. The average molecular weight is 206 g/mol. The number of hydrogen-bond acceptors (Lipinski definition) is 4. The van der Waals surface area contributed by atoms with Crippen LogP contribution in [0.1, 0.15) is 30.3 Å². The molecule has 5 heteroatoms. The van der Waals surface area contributed by atoms with Crippen LogP contribution >= 0.6 is 0 Å². The lowest BCUT2D eigenvalue weighted by atomic mass is 10.2. The van der Waals surface area contributed by atoms with Crippen molar-refractivity contribution in [2.45, 2.75) is 25.8 Å². The van der Waals surface area contributed by atoms with Crippen LogP contribution in [-0.2, 0) is 0 Å². The van der Waals surface area contributed by atoms with Gasteiger partial charge in [-0.1, -0.05) is 0 Å². The molecule has 2 rings (SSSR count). The van der Waals surface area contributed by atoms with E-state index in [0.717, 1.165) is 25.2 Å². The second kappa shape index (κ2) is 3.84. The van der Waals surface area contributed by atoms with Crippen molar-refractivity contribution in [3.63, 3.8) is 0 Å². The maximum Gasteiger partial charge on any atom is 0.268 e. The van der Waals surface area contributed by atoms with E-state index >= 15 is 0 Å². The van der Waals surface area contributed by atoms with Crippen LogP contribution in [0.15, 0.2) is 12.4 Å². The van der Waals surface area contributed by atoms with E-state index in [2.05, 4.69) is 21.8 Å². The lowest BCUT2D eigenvalue weighted by Crippen LogP contribution is -2.28. The van der Waals surface area contributed by atoms with Crippen molar-refractivity contribution in [1.82, 2.24) is 9.97 Å². The van der Waals surface area contributed by atoms with E-state index in [1.807, 2.05) is 0 Å². The Kier molecular flexibility index (Phi) is 2.53. The third-order valence-corrected chi connectivity index (χ3v) is 2.72. The van der Waals surface area contributed by atoms with Crippen LogP contribution < -0.4 is 10.6 Å². The smallest absolute Gasteiger partial charge is 0.268 e. The Labute approximate surface area is 88.3 Å². The molecule has 1 aliphatic heterocycles. The summed E-state index contributed by atoms with van der Waals surface area (Å²) in [6.07, 6.45) is 5.38. The van der Waals surface area contributed by atoms with Gasteiger partial charge in [-0.2, -0.15) is 0 Å². The van der Waals surface area contributed by atoms with Crippen LogP contribution in [0.3, 0.4) is 0 Å². The topological polar surface area (TPSA) is 72.1 Å². The van der Waals surface area contributed by atoms with Crippen molar-refractivity contribution < 1.29 is 4.79 Å². The van der Waals surface area contributed by atoms with Crippen molar-refractivity contribution in [1.29, 1.82) is 0 Å². The first-order valence-electron chi connectivity index (χ1n) is 5.07. The highest BCUT2D eigenvalue weighted by Crippen LogP contribution is 2.22. The van der Waals surface area contributed by atoms with Gasteiger partial charge < -0.3 is 10.6 Å². The number of aromatic nitrogens is 2. The standard InChI is InChI=1S/C10H14N4O/c1-7-3-2-4-14(7)9-6-12-5-8(13-9)10(11)15/h5-7H,2-4H2,1H3,(H2,11,15). The van der Waals surface area contributed by atoms with Crippen LogP contribution in [0.5, 0.6) is 0 Å². The number of hydrogen-bond donors (Lipinski definition) is 1. The van der Waals surface area contributed by atoms with Crippen LogP contribution in [0, 0.1) is 0 Å². The molecule has 0 bridgehead atoms. The summed E-state index contributed by atoms with van der Waals surface area (Å²) in [5, 5.41) is 0. The summed E-state index contributed by atoms with van der Waals surface area (Å²) < 4.78 is 0. The van der Waals surface area contributed by atoms with E-state index in [1.54, 1.807) is 6.20 Å². The Bertz CT molecular complexity index is 379. The van der Waals surface area contributed by atoms with Gasteiger partial charge in [0.2, 0.25) is 0 Å². The molecule has 2 heterocycles. The molecule has 0 aliphatic carbocycles. The maximum absolute atomic E-state index is 11.0. The molecule has 0 radical (unpaired) electrons. The minimum atomic E-state index is -0.531. The molecule has 1 aromatic rings. The van der Waals surface area contributed by atoms with Crippen molar-refractivity contribution in [2.75, 3.05) is 11.4 Å². The molecule has 1 aliphatic rings. The molecule has 1 unspecified atom stereocenters. The van der Waals surface area contributed by atoms with E-state index in [9.17, 15) is 4.79 Å². The number of rotatable bonds is 2. The van der Waals surface area contributed by atoms with Crippen molar-refractivity contribution in [3.05, 3.63) is 18.1 Å². The maximum atomic E-state index is 11.0. The van der Waals surface area contributed by atoms with Gasteiger partial charge in [-0.15, -0.1) is 0 Å². The van der Waals surface area contributed by atoms with Crippen molar-refractivity contribution in [3.8, 4) is 0 Å². The fourth-order valence-corrected chi connectivity index (χ4v) is 1.89. The zero-order chi connectivity index (χ0) is 10.8. The largest absolute Gasteiger partial charge is 0.364 e. The summed E-state index contributed by atoms with van der Waals surface area (Å²) in [5.41, 5.74) is 5.38. The predicted octanol–water partition coefficient (Wildman–Crippen LogP) is 0.564. The Morgan fingerprint density at radius 1 is 1.60 bits per heavy atom. The number of anilines is 1. The quantitative estimate of drug-likeness (QED) is 0.767. The number of amides is 1. The van der Waals surface area contributed by atoms with E-state index < -0.39 is 5.91 Å². The summed E-state index contributed by atoms with van der Waals surface area (Å²) in [7, 11) is 0. The SMILES string of the molecule is CC1CCCN1c1cncc(C(N)=O)n1. The normalized spacial score (nSPS) is 20.6. The van der Waals surface area contributed by atoms with Gasteiger partial charge in [0.1, 0.15) is 11.5 Å². The number of nitrogens with two attached hydrogens (primary N) is 1. The molecule has 15 heavy (non-hydrogen) atoms. The molecular weight excluding hydrogens is 192 g/mol. The van der Waals surface area contributed by atoms with Crippen molar-refractivity contribution in [2.24, 2.45) is 5.73 Å². The van der Waals surface area contributed by atoms with Gasteiger partial charge in [0.15, 0.2) is 0 Å². The van der Waals surface area contributed by atoms with E-state index in [1.165, 1.54) is 6.20 Å². The van der Waals surface area contributed by atoms with Gasteiger partial charge in [-0.05, 0) is 19.8 Å². The molecule has 5 nitrogen and oxygen atoms in total. The van der Waals surface area contributed by atoms with Gasteiger partial charge in [0.25, 0.3) is 5.91 Å². The molecule has 0 spiro atoms. The van der Waals surface area contributed by atoms with Gasteiger partial charge in [0, 0.05) is 12.6 Å². The Balaban J connectivity index is 2.28. The van der Waals surface area contributed by atoms with Crippen LogP contribution in [0.25, 0.3) is 0 Å². The molecule has 0 aromatic carbocycles. The zero-order valence-electron chi connectivity index (χ0n) is 8.68. The number of carbonyl (C=O) groups excluding carboxylic acids is 1. The van der Waals surface area contributed by atoms with E-state index in [0.29, 0.717) is 6.04 Å². The summed E-state index contributed by atoms with van der Waals surface area (Å²) in [4.78, 5) is 21.3. The minimum Gasteiger partial charge on any atom is -0.364 e. The molecule has 0 saturated carbocycles. The first kappa shape index (κ1) is 9.89. The first-order chi connectivity index (χ1) is 7.18. The fraction of sp³-hybridized carbons (Fsp3) is 0.500. The second-order valence-corrected chi connectivity index (χ2v) is 3.81. The molecule has 80 valence electrons. The van der Waals surface area contributed by atoms with Crippen LogP contribution in [0.4, 0.5) is 5.82 Å². The van der Waals surface area contributed by atoms with Gasteiger partial charge >= 0.3 is 0 Å². The highest BCUT2D eigenvalue weighted by atomic mass is 16.1. The lowest BCUT2D eigenvalue weighted by molar-refractivity contribution is 0.0995. The third kappa shape index (κ3) is 1.91.